The lowest BCUT2D eigenvalue weighted by atomic mass is 10.3. The number of amides is 1. The Balaban J connectivity index is 1.30. The first-order chi connectivity index (χ1) is 11.2. The van der Waals surface area contributed by atoms with Gasteiger partial charge in [0.1, 0.15) is 0 Å². The van der Waals surface area contributed by atoms with E-state index in [1.54, 1.807) is 11.3 Å². The zero-order chi connectivity index (χ0) is 15.8. The van der Waals surface area contributed by atoms with Crippen molar-refractivity contribution in [2.45, 2.75) is 32.2 Å². The molecule has 3 heterocycles. The SMILES string of the molecule is Cc1ccc(C(=O)N2CCN(Cc3noc(C4CC4)n3)CC2)s1. The van der Waals surface area contributed by atoms with Gasteiger partial charge in [0, 0.05) is 37.0 Å². The zero-order valence-corrected chi connectivity index (χ0v) is 14.0. The molecule has 1 aliphatic heterocycles. The molecule has 7 heteroatoms. The van der Waals surface area contributed by atoms with E-state index in [1.807, 2.05) is 24.0 Å². The first-order valence-corrected chi connectivity index (χ1v) is 8.91. The molecule has 0 N–H and O–H groups in total. The van der Waals surface area contributed by atoms with Gasteiger partial charge >= 0.3 is 0 Å². The number of nitrogens with zero attached hydrogens (tertiary/aromatic N) is 4. The Labute approximate surface area is 139 Å². The van der Waals surface area contributed by atoms with E-state index in [-0.39, 0.29) is 5.91 Å². The van der Waals surface area contributed by atoms with Gasteiger partial charge in [-0.25, -0.2) is 0 Å². The van der Waals surface area contributed by atoms with Crippen LogP contribution in [0.3, 0.4) is 0 Å². The third-order valence-corrected chi connectivity index (χ3v) is 5.37. The Hall–Kier alpha value is -1.73. The van der Waals surface area contributed by atoms with E-state index >= 15 is 0 Å². The molecule has 122 valence electrons. The average Bonchev–Trinajstić information content (AvgIpc) is 3.16. The maximum atomic E-state index is 12.4. The number of piperazine rings is 1. The molecule has 0 radical (unpaired) electrons. The van der Waals surface area contributed by atoms with E-state index < -0.39 is 0 Å². The van der Waals surface area contributed by atoms with Crippen molar-refractivity contribution in [3.8, 4) is 0 Å². The fourth-order valence-corrected chi connectivity index (χ4v) is 3.68. The van der Waals surface area contributed by atoms with Gasteiger partial charge in [0.25, 0.3) is 5.91 Å². The van der Waals surface area contributed by atoms with E-state index in [1.165, 1.54) is 17.7 Å². The van der Waals surface area contributed by atoms with Crippen LogP contribution < -0.4 is 0 Å². The summed E-state index contributed by atoms with van der Waals surface area (Å²) < 4.78 is 5.30. The van der Waals surface area contributed by atoms with E-state index in [9.17, 15) is 4.79 Å². The van der Waals surface area contributed by atoms with Gasteiger partial charge in [0.05, 0.1) is 11.4 Å². The molecule has 2 aromatic rings. The van der Waals surface area contributed by atoms with Crippen LogP contribution in [-0.2, 0) is 6.54 Å². The highest BCUT2D eigenvalue weighted by molar-refractivity contribution is 7.13. The maximum absolute atomic E-state index is 12.4. The quantitative estimate of drug-likeness (QED) is 0.859. The van der Waals surface area contributed by atoms with Gasteiger partial charge in [0.2, 0.25) is 5.89 Å². The minimum Gasteiger partial charge on any atom is -0.339 e. The average molecular weight is 332 g/mol. The van der Waals surface area contributed by atoms with Crippen LogP contribution in [0.2, 0.25) is 0 Å². The Morgan fingerprint density at radius 1 is 1.30 bits per heavy atom. The van der Waals surface area contributed by atoms with Gasteiger partial charge in [-0.15, -0.1) is 11.3 Å². The van der Waals surface area contributed by atoms with Gasteiger partial charge in [-0.2, -0.15) is 4.98 Å². The summed E-state index contributed by atoms with van der Waals surface area (Å²) in [5.41, 5.74) is 0. The Bertz CT molecular complexity index is 699. The molecule has 0 spiro atoms. The highest BCUT2D eigenvalue weighted by atomic mass is 32.1. The monoisotopic (exact) mass is 332 g/mol. The van der Waals surface area contributed by atoms with Crippen LogP contribution >= 0.6 is 11.3 Å². The molecule has 2 aromatic heterocycles. The molecule has 0 aromatic carbocycles. The number of rotatable bonds is 4. The van der Waals surface area contributed by atoms with Gasteiger partial charge in [-0.05, 0) is 31.9 Å². The smallest absolute Gasteiger partial charge is 0.264 e. The van der Waals surface area contributed by atoms with Crippen molar-refractivity contribution in [2.75, 3.05) is 26.2 Å². The van der Waals surface area contributed by atoms with Crippen molar-refractivity contribution in [3.05, 3.63) is 33.6 Å². The summed E-state index contributed by atoms with van der Waals surface area (Å²) in [6.07, 6.45) is 2.34. The molecular formula is C16H20N4O2S. The molecule has 0 bridgehead atoms. The summed E-state index contributed by atoms with van der Waals surface area (Å²) in [6.45, 7) is 5.94. The molecule has 23 heavy (non-hydrogen) atoms. The van der Waals surface area contributed by atoms with Crippen LogP contribution in [0.1, 0.15) is 45.0 Å². The summed E-state index contributed by atoms with van der Waals surface area (Å²) in [6, 6.07) is 3.93. The van der Waals surface area contributed by atoms with Crippen molar-refractivity contribution in [2.24, 2.45) is 0 Å². The first kappa shape index (κ1) is 14.8. The fraction of sp³-hybridized carbons (Fsp3) is 0.562. The molecule has 0 unspecified atom stereocenters. The zero-order valence-electron chi connectivity index (χ0n) is 13.2. The minimum absolute atomic E-state index is 0.151. The Morgan fingerprint density at radius 3 is 2.74 bits per heavy atom. The summed E-state index contributed by atoms with van der Waals surface area (Å²) in [5.74, 6) is 2.21. The minimum atomic E-state index is 0.151. The number of aryl methyl sites for hydroxylation is 1. The van der Waals surface area contributed by atoms with E-state index in [4.69, 9.17) is 4.52 Å². The van der Waals surface area contributed by atoms with Gasteiger partial charge in [-0.3, -0.25) is 9.69 Å². The molecule has 4 rings (SSSR count). The van der Waals surface area contributed by atoms with Crippen molar-refractivity contribution in [1.29, 1.82) is 0 Å². The highest BCUT2D eigenvalue weighted by Gasteiger charge is 2.30. The van der Waals surface area contributed by atoms with Crippen molar-refractivity contribution >= 4 is 17.2 Å². The van der Waals surface area contributed by atoms with E-state index in [0.717, 1.165) is 42.8 Å². The van der Waals surface area contributed by atoms with Crippen molar-refractivity contribution < 1.29 is 9.32 Å². The lowest BCUT2D eigenvalue weighted by molar-refractivity contribution is 0.0629. The van der Waals surface area contributed by atoms with E-state index in [0.29, 0.717) is 12.5 Å². The van der Waals surface area contributed by atoms with Crippen LogP contribution in [0.25, 0.3) is 0 Å². The molecule has 2 aliphatic rings. The summed E-state index contributed by atoms with van der Waals surface area (Å²) in [5, 5.41) is 4.07. The number of hydrogen-bond acceptors (Lipinski definition) is 6. The summed E-state index contributed by atoms with van der Waals surface area (Å²) in [4.78, 5) is 23.1. The van der Waals surface area contributed by atoms with Gasteiger partial charge in [0.15, 0.2) is 5.82 Å². The number of carbonyl (C=O) groups excluding carboxylic acids is 1. The van der Waals surface area contributed by atoms with Crippen LogP contribution in [-0.4, -0.2) is 52.0 Å². The standard InChI is InChI=1S/C16H20N4O2S/c1-11-2-5-13(23-11)16(21)20-8-6-19(7-9-20)10-14-17-15(22-18-14)12-3-4-12/h2,5,12H,3-4,6-10H2,1H3. The number of thiophene rings is 1. The topological polar surface area (TPSA) is 62.5 Å². The predicted molar refractivity (Wildman–Crippen MR) is 86.5 cm³/mol. The normalized spacial score (nSPS) is 19.3. The second-order valence-corrected chi connectivity index (χ2v) is 7.59. The Morgan fingerprint density at radius 2 is 2.09 bits per heavy atom. The second kappa shape index (κ2) is 6.05. The van der Waals surface area contributed by atoms with Crippen LogP contribution in [0.5, 0.6) is 0 Å². The predicted octanol–water partition coefficient (Wildman–Crippen LogP) is 2.27. The largest absolute Gasteiger partial charge is 0.339 e. The molecule has 1 aliphatic carbocycles. The lowest BCUT2D eigenvalue weighted by Crippen LogP contribution is -2.48. The van der Waals surface area contributed by atoms with Crippen molar-refractivity contribution in [1.82, 2.24) is 19.9 Å². The molecule has 1 amide bonds. The molecule has 0 atom stereocenters. The molecule has 1 saturated carbocycles. The van der Waals surface area contributed by atoms with Crippen LogP contribution in [0, 0.1) is 6.92 Å². The fourth-order valence-electron chi connectivity index (χ4n) is 2.84. The number of carbonyl (C=O) groups is 1. The Kier molecular flexibility index (Phi) is 3.90. The highest BCUT2D eigenvalue weighted by Crippen LogP contribution is 2.38. The van der Waals surface area contributed by atoms with Crippen LogP contribution in [0.4, 0.5) is 0 Å². The molecular weight excluding hydrogens is 312 g/mol. The molecule has 6 nitrogen and oxygen atoms in total. The summed E-state index contributed by atoms with van der Waals surface area (Å²) >= 11 is 1.57. The molecule has 1 saturated heterocycles. The second-order valence-electron chi connectivity index (χ2n) is 6.30. The maximum Gasteiger partial charge on any atom is 0.264 e. The van der Waals surface area contributed by atoms with Gasteiger partial charge < -0.3 is 9.42 Å². The van der Waals surface area contributed by atoms with Crippen LogP contribution in [0.15, 0.2) is 16.7 Å². The third-order valence-electron chi connectivity index (χ3n) is 4.39. The summed E-state index contributed by atoms with van der Waals surface area (Å²) in [7, 11) is 0. The lowest BCUT2D eigenvalue weighted by Gasteiger charge is -2.33. The van der Waals surface area contributed by atoms with E-state index in [2.05, 4.69) is 15.0 Å². The van der Waals surface area contributed by atoms with Gasteiger partial charge in [-0.1, -0.05) is 5.16 Å². The third kappa shape index (κ3) is 3.30. The number of aromatic nitrogens is 2. The first-order valence-electron chi connectivity index (χ1n) is 8.09. The molecule has 2 fully saturated rings. The number of hydrogen-bond donors (Lipinski definition) is 0. The van der Waals surface area contributed by atoms with Crippen molar-refractivity contribution in [3.63, 3.8) is 0 Å².